The molecule has 4 nitrogen and oxygen atoms in total. The van der Waals surface area contributed by atoms with Gasteiger partial charge in [0, 0.05) is 18.3 Å². The summed E-state index contributed by atoms with van der Waals surface area (Å²) in [5.74, 6) is 3.02. The first kappa shape index (κ1) is 21.9. The summed E-state index contributed by atoms with van der Waals surface area (Å²) < 4.78 is 18.1. The molecular weight excluding hydrogens is 412 g/mol. The molecule has 1 aromatic carbocycles. The van der Waals surface area contributed by atoms with Crippen LogP contribution in [0.1, 0.15) is 65.4 Å². The smallest absolute Gasteiger partial charge is 0.162 e. The SMILES string of the molecule is COc1ccc(CC2OCC3=C4CC56C(=O)C[C@H](C(C)C)[C@@]5(C)CC6[C@]4(C)CC[C@@H]3O2)cc1. The fourth-order valence-corrected chi connectivity index (χ4v) is 8.91. The zero-order chi connectivity index (χ0) is 23.2. The van der Waals surface area contributed by atoms with Crippen LogP contribution >= 0.6 is 0 Å². The number of fused-ring (bicyclic) bond motifs is 3. The molecule has 4 aliphatic carbocycles. The minimum Gasteiger partial charge on any atom is -0.497 e. The maximum absolute atomic E-state index is 13.6. The lowest BCUT2D eigenvalue weighted by Crippen LogP contribution is -2.59. The third kappa shape index (κ3) is 2.74. The van der Waals surface area contributed by atoms with Crippen LogP contribution in [0.25, 0.3) is 0 Å². The summed E-state index contributed by atoms with van der Waals surface area (Å²) in [4.78, 5) is 13.6. The molecule has 4 fully saturated rings. The Kier molecular flexibility index (Phi) is 4.75. The number of carbonyl (C=O) groups excluding carboxylic acids is 1. The highest BCUT2D eigenvalue weighted by molar-refractivity contribution is 5.92. The highest BCUT2D eigenvalue weighted by Crippen LogP contribution is 2.82. The van der Waals surface area contributed by atoms with Crippen molar-refractivity contribution in [3.8, 4) is 5.75 Å². The number of Topliss-reactive ketones (excluding diaryl/α,β-unsaturated/α-hetero) is 1. The van der Waals surface area contributed by atoms with Gasteiger partial charge < -0.3 is 14.2 Å². The molecule has 0 bridgehead atoms. The van der Waals surface area contributed by atoms with E-state index >= 15 is 0 Å². The molecule has 0 N–H and O–H groups in total. The summed E-state index contributed by atoms with van der Waals surface area (Å²) in [7, 11) is 1.69. The van der Waals surface area contributed by atoms with Gasteiger partial charge in [-0.05, 0) is 77.5 Å². The van der Waals surface area contributed by atoms with Crippen LogP contribution in [0.3, 0.4) is 0 Å². The molecule has 0 radical (unpaired) electrons. The topological polar surface area (TPSA) is 44.8 Å². The van der Waals surface area contributed by atoms with Crippen LogP contribution in [0, 0.1) is 34.0 Å². The van der Waals surface area contributed by atoms with Gasteiger partial charge in [-0.1, -0.05) is 45.4 Å². The quantitative estimate of drug-likeness (QED) is 0.549. The van der Waals surface area contributed by atoms with Gasteiger partial charge in [-0.25, -0.2) is 0 Å². The fraction of sp³-hybridized carbons (Fsp3) is 0.690. The molecular formula is C29H38O4. The van der Waals surface area contributed by atoms with Crippen molar-refractivity contribution in [1.29, 1.82) is 0 Å². The summed E-state index contributed by atoms with van der Waals surface area (Å²) in [6.07, 6.45) is 5.80. The van der Waals surface area contributed by atoms with Crippen LogP contribution in [0.4, 0.5) is 0 Å². The number of ether oxygens (including phenoxy) is 3. The van der Waals surface area contributed by atoms with Crippen molar-refractivity contribution in [3.05, 3.63) is 41.0 Å². The molecule has 1 saturated heterocycles. The Morgan fingerprint density at radius 1 is 1.18 bits per heavy atom. The second kappa shape index (κ2) is 7.18. The summed E-state index contributed by atoms with van der Waals surface area (Å²) in [6.45, 7) is 10.1. The predicted octanol–water partition coefficient (Wildman–Crippen LogP) is 5.74. The third-order valence-electron chi connectivity index (χ3n) is 10.7. The average Bonchev–Trinajstić information content (AvgIpc) is 3.11. The molecule has 33 heavy (non-hydrogen) atoms. The largest absolute Gasteiger partial charge is 0.497 e. The first-order valence-electron chi connectivity index (χ1n) is 12.9. The van der Waals surface area contributed by atoms with Crippen molar-refractivity contribution >= 4 is 5.78 Å². The molecule has 178 valence electrons. The van der Waals surface area contributed by atoms with E-state index in [1.165, 1.54) is 23.1 Å². The molecule has 0 amide bonds. The Hall–Kier alpha value is -1.65. The van der Waals surface area contributed by atoms with E-state index in [-0.39, 0.29) is 28.6 Å². The number of carbonyl (C=O) groups is 1. The Morgan fingerprint density at radius 3 is 2.64 bits per heavy atom. The summed E-state index contributed by atoms with van der Waals surface area (Å²) >= 11 is 0. The molecule has 3 unspecified atom stereocenters. The van der Waals surface area contributed by atoms with Crippen molar-refractivity contribution in [2.45, 2.75) is 78.6 Å². The van der Waals surface area contributed by atoms with Crippen LogP contribution in [-0.2, 0) is 20.7 Å². The maximum Gasteiger partial charge on any atom is 0.162 e. The third-order valence-corrected chi connectivity index (χ3v) is 10.7. The lowest BCUT2D eigenvalue weighted by Gasteiger charge is -2.61. The number of allylic oxidation sites excluding steroid dienone is 1. The highest BCUT2D eigenvalue weighted by Gasteiger charge is 2.79. The van der Waals surface area contributed by atoms with Crippen molar-refractivity contribution in [2.24, 2.45) is 34.0 Å². The standard InChI is InChI=1S/C29H38O4/c1-17(2)21-13-25(30)29-14-22-20-16-32-26(12-18-6-8-19(31-5)9-7-18)33-23(20)10-11-27(22,3)24(29)15-28(21,29)4/h6-9,17,21,23-24,26H,10-16H2,1-5H3/t21-,23+,24?,26?,27-,28-,29?/m1/s1. The van der Waals surface area contributed by atoms with Gasteiger partial charge in [-0.15, -0.1) is 0 Å². The fourth-order valence-electron chi connectivity index (χ4n) is 8.91. The molecule has 1 aliphatic heterocycles. The van der Waals surface area contributed by atoms with Gasteiger partial charge in [-0.3, -0.25) is 4.79 Å². The minimum absolute atomic E-state index is 0.131. The van der Waals surface area contributed by atoms with Gasteiger partial charge >= 0.3 is 0 Å². The van der Waals surface area contributed by atoms with E-state index in [4.69, 9.17) is 14.2 Å². The molecule has 1 heterocycles. The molecule has 0 aromatic heterocycles. The zero-order valence-corrected chi connectivity index (χ0v) is 20.8. The van der Waals surface area contributed by atoms with Gasteiger partial charge in [0.2, 0.25) is 0 Å². The number of hydrogen-bond acceptors (Lipinski definition) is 4. The Labute approximate surface area is 198 Å². The van der Waals surface area contributed by atoms with Gasteiger partial charge in [0.25, 0.3) is 0 Å². The predicted molar refractivity (Wildman–Crippen MR) is 127 cm³/mol. The summed E-state index contributed by atoms with van der Waals surface area (Å²) in [5.41, 5.74) is 4.26. The molecule has 3 saturated carbocycles. The molecule has 4 heteroatoms. The molecule has 5 aliphatic rings. The van der Waals surface area contributed by atoms with Crippen LogP contribution in [0.2, 0.25) is 0 Å². The maximum atomic E-state index is 13.6. The van der Waals surface area contributed by atoms with Crippen LogP contribution in [-0.4, -0.2) is 31.9 Å². The lowest BCUT2D eigenvalue weighted by atomic mass is 9.41. The normalized spacial score (nSPS) is 43.6. The molecule has 1 aromatic rings. The molecule has 6 rings (SSSR count). The van der Waals surface area contributed by atoms with Crippen molar-refractivity contribution < 1.29 is 19.0 Å². The lowest BCUT2D eigenvalue weighted by molar-refractivity contribution is -0.194. The molecule has 7 atom stereocenters. The summed E-state index contributed by atoms with van der Waals surface area (Å²) in [6, 6.07) is 8.16. The monoisotopic (exact) mass is 450 g/mol. The average molecular weight is 451 g/mol. The van der Waals surface area contributed by atoms with Crippen LogP contribution in [0.15, 0.2) is 35.4 Å². The van der Waals surface area contributed by atoms with Gasteiger partial charge in [0.05, 0.1) is 19.8 Å². The van der Waals surface area contributed by atoms with Crippen molar-refractivity contribution in [3.63, 3.8) is 0 Å². The van der Waals surface area contributed by atoms with E-state index in [1.807, 2.05) is 12.1 Å². The number of methoxy groups -OCH3 is 1. The van der Waals surface area contributed by atoms with Crippen LogP contribution in [0.5, 0.6) is 5.75 Å². The van der Waals surface area contributed by atoms with E-state index in [0.29, 0.717) is 30.1 Å². The van der Waals surface area contributed by atoms with E-state index in [2.05, 4.69) is 39.8 Å². The number of ketones is 1. The number of hydrogen-bond donors (Lipinski definition) is 0. The van der Waals surface area contributed by atoms with Crippen LogP contribution < -0.4 is 4.74 Å². The Bertz CT molecular complexity index is 1010. The highest BCUT2D eigenvalue weighted by atomic mass is 16.7. The van der Waals surface area contributed by atoms with E-state index in [9.17, 15) is 4.79 Å². The van der Waals surface area contributed by atoms with Gasteiger partial charge in [0.15, 0.2) is 6.29 Å². The zero-order valence-electron chi connectivity index (χ0n) is 20.8. The minimum atomic E-state index is -0.211. The second-order valence-electron chi connectivity index (χ2n) is 12.2. The van der Waals surface area contributed by atoms with E-state index < -0.39 is 0 Å². The molecule has 1 spiro atoms. The first-order valence-corrected chi connectivity index (χ1v) is 12.9. The number of benzene rings is 1. The van der Waals surface area contributed by atoms with Gasteiger partial charge in [-0.2, -0.15) is 0 Å². The Balaban J connectivity index is 1.26. The Morgan fingerprint density at radius 2 is 1.94 bits per heavy atom. The van der Waals surface area contributed by atoms with E-state index in [1.54, 1.807) is 7.11 Å². The van der Waals surface area contributed by atoms with E-state index in [0.717, 1.165) is 37.9 Å². The van der Waals surface area contributed by atoms with Crippen molar-refractivity contribution in [1.82, 2.24) is 0 Å². The van der Waals surface area contributed by atoms with Crippen molar-refractivity contribution in [2.75, 3.05) is 13.7 Å². The number of rotatable bonds is 4. The first-order chi connectivity index (χ1) is 15.7. The summed E-state index contributed by atoms with van der Waals surface area (Å²) in [5, 5.41) is 0. The van der Waals surface area contributed by atoms with Gasteiger partial charge in [0.1, 0.15) is 11.5 Å². The second-order valence-corrected chi connectivity index (χ2v) is 12.2.